The summed E-state index contributed by atoms with van der Waals surface area (Å²) in [5.74, 6) is -0.435. The van der Waals surface area contributed by atoms with Gasteiger partial charge in [0, 0.05) is 6.54 Å². The molecule has 19 heavy (non-hydrogen) atoms. The number of nitrogens with one attached hydrogen (secondary N) is 2. The number of halogens is 2. The van der Waals surface area contributed by atoms with E-state index in [2.05, 4.69) is 10.6 Å². The van der Waals surface area contributed by atoms with E-state index >= 15 is 0 Å². The Morgan fingerprint density at radius 1 is 1.16 bits per heavy atom. The van der Waals surface area contributed by atoms with Crippen molar-refractivity contribution in [3.63, 3.8) is 0 Å². The van der Waals surface area contributed by atoms with Gasteiger partial charge in [-0.3, -0.25) is 9.59 Å². The zero-order valence-electron chi connectivity index (χ0n) is 10.8. The van der Waals surface area contributed by atoms with Crippen LogP contribution < -0.4 is 10.6 Å². The van der Waals surface area contributed by atoms with Gasteiger partial charge in [0.25, 0.3) is 0 Å². The third-order valence-corrected chi connectivity index (χ3v) is 2.89. The van der Waals surface area contributed by atoms with Crippen LogP contribution in [0.1, 0.15) is 20.3 Å². The smallest absolute Gasteiger partial charge is 0.233 e. The number of carbonyl (C=O) groups excluding carboxylic acids is 2. The summed E-state index contributed by atoms with van der Waals surface area (Å²) in [6, 6.07) is 4.90. The van der Waals surface area contributed by atoms with E-state index in [4.69, 9.17) is 23.2 Å². The van der Waals surface area contributed by atoms with Gasteiger partial charge in [0.2, 0.25) is 11.8 Å². The molecule has 0 saturated carbocycles. The van der Waals surface area contributed by atoms with Crippen molar-refractivity contribution in [1.29, 1.82) is 0 Å². The van der Waals surface area contributed by atoms with Crippen LogP contribution >= 0.6 is 23.2 Å². The molecule has 0 unspecified atom stereocenters. The molecule has 1 aromatic rings. The lowest BCUT2D eigenvalue weighted by atomic mass is 10.2. The first-order valence-corrected chi connectivity index (χ1v) is 6.66. The molecule has 0 aromatic heterocycles. The van der Waals surface area contributed by atoms with E-state index in [9.17, 15) is 9.59 Å². The van der Waals surface area contributed by atoms with Gasteiger partial charge >= 0.3 is 0 Å². The second-order valence-corrected chi connectivity index (χ2v) is 5.33. The Morgan fingerprint density at radius 2 is 1.74 bits per heavy atom. The van der Waals surface area contributed by atoms with E-state index in [1.54, 1.807) is 18.2 Å². The third-order valence-electron chi connectivity index (χ3n) is 2.26. The molecule has 0 spiro atoms. The van der Waals surface area contributed by atoms with Crippen LogP contribution in [0.5, 0.6) is 0 Å². The van der Waals surface area contributed by atoms with Crippen molar-refractivity contribution in [3.05, 3.63) is 28.2 Å². The Kier molecular flexibility index (Phi) is 6.12. The summed E-state index contributed by atoms with van der Waals surface area (Å²) in [6.07, 6.45) is -0.256. The van der Waals surface area contributed by atoms with Crippen molar-refractivity contribution in [3.8, 4) is 0 Å². The number of hydrogen-bond acceptors (Lipinski definition) is 2. The molecule has 0 radical (unpaired) electrons. The van der Waals surface area contributed by atoms with E-state index in [1.807, 2.05) is 13.8 Å². The zero-order chi connectivity index (χ0) is 14.4. The molecule has 1 rings (SSSR count). The van der Waals surface area contributed by atoms with Gasteiger partial charge in [-0.1, -0.05) is 43.1 Å². The van der Waals surface area contributed by atoms with Crippen LogP contribution in [-0.2, 0) is 9.59 Å². The minimum atomic E-state index is -0.448. The molecule has 0 aliphatic carbocycles. The quantitative estimate of drug-likeness (QED) is 0.821. The highest BCUT2D eigenvalue weighted by molar-refractivity contribution is 6.39. The first-order chi connectivity index (χ1) is 8.90. The fourth-order valence-electron chi connectivity index (χ4n) is 1.33. The number of amides is 2. The Balaban J connectivity index is 2.54. The highest BCUT2D eigenvalue weighted by atomic mass is 35.5. The predicted octanol–water partition coefficient (Wildman–Crippen LogP) is 3.09. The van der Waals surface area contributed by atoms with Crippen molar-refractivity contribution in [1.82, 2.24) is 5.32 Å². The van der Waals surface area contributed by atoms with Gasteiger partial charge in [0.1, 0.15) is 6.42 Å². The van der Waals surface area contributed by atoms with Crippen LogP contribution in [0.25, 0.3) is 0 Å². The molecule has 0 fully saturated rings. The number of benzene rings is 1. The van der Waals surface area contributed by atoms with Gasteiger partial charge in [0.05, 0.1) is 15.7 Å². The molecule has 0 saturated heterocycles. The van der Waals surface area contributed by atoms with Crippen LogP contribution in [0.4, 0.5) is 5.69 Å². The molecule has 0 heterocycles. The van der Waals surface area contributed by atoms with Crippen LogP contribution in [0.2, 0.25) is 10.0 Å². The second-order valence-electron chi connectivity index (χ2n) is 4.52. The number of rotatable bonds is 5. The van der Waals surface area contributed by atoms with Crippen LogP contribution in [-0.4, -0.2) is 18.4 Å². The summed E-state index contributed by atoms with van der Waals surface area (Å²) in [5.41, 5.74) is 0.326. The molecule has 1 aromatic carbocycles. The fourth-order valence-corrected chi connectivity index (χ4v) is 1.82. The highest BCUT2D eigenvalue weighted by Crippen LogP contribution is 2.29. The predicted molar refractivity (Wildman–Crippen MR) is 77.6 cm³/mol. The largest absolute Gasteiger partial charge is 0.355 e. The molecule has 0 aliphatic rings. The summed E-state index contributed by atoms with van der Waals surface area (Å²) in [6.45, 7) is 4.49. The average molecular weight is 303 g/mol. The number of para-hydroxylation sites is 1. The minimum Gasteiger partial charge on any atom is -0.355 e. The fraction of sp³-hybridized carbons (Fsp3) is 0.385. The van der Waals surface area contributed by atoms with Crippen LogP contribution in [0, 0.1) is 5.92 Å². The van der Waals surface area contributed by atoms with Gasteiger partial charge in [-0.05, 0) is 18.1 Å². The molecule has 6 heteroatoms. The van der Waals surface area contributed by atoms with Crippen molar-refractivity contribution in [2.24, 2.45) is 5.92 Å². The average Bonchev–Trinajstić information content (AvgIpc) is 2.31. The standard InChI is InChI=1S/C13H16Cl2N2O2/c1-8(2)7-16-11(18)6-12(19)17-13-9(14)4-3-5-10(13)15/h3-5,8H,6-7H2,1-2H3,(H,16,18)(H,17,19). The summed E-state index contributed by atoms with van der Waals surface area (Å²) < 4.78 is 0. The highest BCUT2D eigenvalue weighted by Gasteiger charge is 2.13. The second kappa shape index (κ2) is 7.36. The Hall–Kier alpha value is -1.26. The molecular weight excluding hydrogens is 287 g/mol. The SMILES string of the molecule is CC(C)CNC(=O)CC(=O)Nc1c(Cl)cccc1Cl. The summed E-state index contributed by atoms with van der Waals surface area (Å²) in [5, 5.41) is 5.87. The zero-order valence-corrected chi connectivity index (χ0v) is 12.3. The summed E-state index contributed by atoms with van der Waals surface area (Å²) in [7, 11) is 0. The molecule has 2 N–H and O–H groups in total. The first kappa shape index (κ1) is 15.8. The molecular formula is C13H16Cl2N2O2. The lowest BCUT2D eigenvalue weighted by Crippen LogP contribution is -2.30. The van der Waals surface area contributed by atoms with Gasteiger partial charge in [0.15, 0.2) is 0 Å². The van der Waals surface area contributed by atoms with E-state index in [-0.39, 0.29) is 12.3 Å². The van der Waals surface area contributed by atoms with Crippen molar-refractivity contribution >= 4 is 40.7 Å². The van der Waals surface area contributed by atoms with Crippen molar-refractivity contribution in [2.75, 3.05) is 11.9 Å². The molecule has 2 amide bonds. The van der Waals surface area contributed by atoms with Crippen molar-refractivity contribution in [2.45, 2.75) is 20.3 Å². The van der Waals surface area contributed by atoms with Crippen LogP contribution in [0.15, 0.2) is 18.2 Å². The lowest BCUT2D eigenvalue weighted by molar-refractivity contribution is -0.126. The van der Waals surface area contributed by atoms with E-state index in [0.29, 0.717) is 28.2 Å². The monoisotopic (exact) mass is 302 g/mol. The molecule has 4 nitrogen and oxygen atoms in total. The minimum absolute atomic E-state index is 0.256. The summed E-state index contributed by atoms with van der Waals surface area (Å²) >= 11 is 11.8. The molecule has 0 aliphatic heterocycles. The van der Waals surface area contributed by atoms with Gasteiger partial charge in [-0.25, -0.2) is 0 Å². The van der Waals surface area contributed by atoms with Gasteiger partial charge in [-0.2, -0.15) is 0 Å². The Labute approximate surface area is 122 Å². The van der Waals surface area contributed by atoms with E-state index in [0.717, 1.165) is 0 Å². The Morgan fingerprint density at radius 3 is 2.26 bits per heavy atom. The number of hydrogen-bond donors (Lipinski definition) is 2. The third kappa shape index (κ3) is 5.49. The van der Waals surface area contributed by atoms with Gasteiger partial charge < -0.3 is 10.6 Å². The number of carbonyl (C=O) groups is 2. The lowest BCUT2D eigenvalue weighted by Gasteiger charge is -2.10. The topological polar surface area (TPSA) is 58.2 Å². The van der Waals surface area contributed by atoms with Crippen molar-refractivity contribution < 1.29 is 9.59 Å². The van der Waals surface area contributed by atoms with E-state index in [1.165, 1.54) is 0 Å². The molecule has 0 atom stereocenters. The number of anilines is 1. The molecule has 0 bridgehead atoms. The maximum Gasteiger partial charge on any atom is 0.233 e. The van der Waals surface area contributed by atoms with Gasteiger partial charge in [-0.15, -0.1) is 0 Å². The van der Waals surface area contributed by atoms with Crippen LogP contribution in [0.3, 0.4) is 0 Å². The molecule has 104 valence electrons. The summed E-state index contributed by atoms with van der Waals surface area (Å²) in [4.78, 5) is 23.2. The maximum atomic E-state index is 11.7. The maximum absolute atomic E-state index is 11.7. The first-order valence-electron chi connectivity index (χ1n) is 5.90. The Bertz CT molecular complexity index is 455. The normalized spacial score (nSPS) is 10.4. The van der Waals surface area contributed by atoms with E-state index < -0.39 is 5.91 Å².